The minimum Gasteiger partial charge on any atom is -0.369 e. The maximum atomic E-state index is 5.99. The quantitative estimate of drug-likeness (QED) is 0.777. The topological polar surface area (TPSA) is 74.5 Å². The first-order valence-electron chi connectivity index (χ1n) is 5.49. The number of aromatic nitrogens is 5. The van der Waals surface area contributed by atoms with Gasteiger partial charge in [0.15, 0.2) is 0 Å². The first-order chi connectivity index (χ1) is 8.74. The van der Waals surface area contributed by atoms with Crippen molar-refractivity contribution in [3.05, 3.63) is 35.6 Å². The molecule has 0 saturated heterocycles. The van der Waals surface area contributed by atoms with Crippen molar-refractivity contribution in [1.29, 1.82) is 0 Å². The van der Waals surface area contributed by atoms with E-state index in [-0.39, 0.29) is 0 Å². The molecule has 7 heteroatoms. The summed E-state index contributed by atoms with van der Waals surface area (Å²) in [6.45, 7) is 1.36. The van der Waals surface area contributed by atoms with Crippen LogP contribution in [0.2, 0.25) is 5.02 Å². The minimum absolute atomic E-state index is 0.479. The van der Waals surface area contributed by atoms with Crippen molar-refractivity contribution < 1.29 is 0 Å². The smallest absolute Gasteiger partial charge is 0.201 e. The zero-order valence-corrected chi connectivity index (χ0v) is 10.2. The molecule has 3 aromatic rings. The fraction of sp³-hybridized carbons (Fsp3) is 0.182. The van der Waals surface area contributed by atoms with Crippen LogP contribution in [-0.2, 0) is 13.1 Å². The third-order valence-corrected chi connectivity index (χ3v) is 3.00. The van der Waals surface area contributed by atoms with Crippen LogP contribution in [0.15, 0.2) is 30.6 Å². The van der Waals surface area contributed by atoms with E-state index in [2.05, 4.69) is 15.3 Å². The summed E-state index contributed by atoms with van der Waals surface area (Å²) in [6, 6.07) is 5.53. The summed E-state index contributed by atoms with van der Waals surface area (Å²) >= 11 is 5.99. The fourth-order valence-electron chi connectivity index (χ4n) is 1.90. The number of fused-ring (bicyclic) bond motifs is 1. The molecule has 0 fully saturated rings. The minimum atomic E-state index is 0.479. The number of rotatable bonds is 3. The molecular weight excluding hydrogens is 252 g/mol. The summed E-state index contributed by atoms with van der Waals surface area (Å²) in [5.74, 6) is 0.479. The van der Waals surface area contributed by atoms with Gasteiger partial charge in [0.05, 0.1) is 23.8 Å². The lowest BCUT2D eigenvalue weighted by molar-refractivity contribution is 0.529. The summed E-state index contributed by atoms with van der Waals surface area (Å²) in [5, 5.41) is 8.34. The molecule has 3 rings (SSSR count). The third kappa shape index (κ3) is 1.91. The van der Waals surface area contributed by atoms with Gasteiger partial charge in [-0.3, -0.25) is 4.68 Å². The van der Waals surface area contributed by atoms with Gasteiger partial charge in [0.1, 0.15) is 0 Å². The van der Waals surface area contributed by atoms with Gasteiger partial charge in [-0.05, 0) is 18.2 Å². The first-order valence-corrected chi connectivity index (χ1v) is 5.87. The van der Waals surface area contributed by atoms with Gasteiger partial charge in [0.2, 0.25) is 5.95 Å². The van der Waals surface area contributed by atoms with E-state index in [4.69, 9.17) is 17.3 Å². The van der Waals surface area contributed by atoms with Crippen molar-refractivity contribution in [2.45, 2.75) is 13.1 Å². The molecule has 0 amide bonds. The van der Waals surface area contributed by atoms with Gasteiger partial charge < -0.3 is 10.3 Å². The van der Waals surface area contributed by atoms with Gasteiger partial charge in [0.25, 0.3) is 0 Å². The zero-order chi connectivity index (χ0) is 12.5. The third-order valence-electron chi connectivity index (χ3n) is 2.76. The molecule has 0 unspecified atom stereocenters. The van der Waals surface area contributed by atoms with E-state index in [1.165, 1.54) is 0 Å². The van der Waals surface area contributed by atoms with E-state index in [0.717, 1.165) is 11.0 Å². The Bertz CT molecular complexity index is 672. The number of nitrogens with two attached hydrogens (primary N) is 1. The highest BCUT2D eigenvalue weighted by Crippen LogP contribution is 2.21. The van der Waals surface area contributed by atoms with Crippen molar-refractivity contribution in [3.63, 3.8) is 0 Å². The predicted molar refractivity (Wildman–Crippen MR) is 69.2 cm³/mol. The molecule has 2 aromatic heterocycles. The molecule has 2 heterocycles. The second-order valence-corrected chi connectivity index (χ2v) is 4.36. The van der Waals surface area contributed by atoms with Crippen LogP contribution in [0.5, 0.6) is 0 Å². The number of halogens is 1. The van der Waals surface area contributed by atoms with Gasteiger partial charge in [-0.1, -0.05) is 16.8 Å². The molecule has 0 saturated carbocycles. The highest BCUT2D eigenvalue weighted by atomic mass is 35.5. The SMILES string of the molecule is Nc1nc2ccc(Cl)cc2n1CCn1ccnn1. The van der Waals surface area contributed by atoms with Crippen LogP contribution in [0.25, 0.3) is 11.0 Å². The standard InChI is InChI=1S/C11H11ClN6/c12-8-1-2-9-10(7-8)18(11(13)15-9)6-5-17-4-3-14-16-17/h1-4,7H,5-6H2,(H2,13,15). The maximum Gasteiger partial charge on any atom is 0.201 e. The highest BCUT2D eigenvalue weighted by molar-refractivity contribution is 6.31. The molecule has 0 aliphatic rings. The highest BCUT2D eigenvalue weighted by Gasteiger charge is 2.08. The Kier molecular flexibility index (Phi) is 2.64. The van der Waals surface area contributed by atoms with E-state index in [0.29, 0.717) is 24.1 Å². The molecule has 2 N–H and O–H groups in total. The zero-order valence-electron chi connectivity index (χ0n) is 9.49. The molecule has 0 radical (unpaired) electrons. The lowest BCUT2D eigenvalue weighted by Gasteiger charge is -2.06. The second kappa shape index (κ2) is 4.30. The van der Waals surface area contributed by atoms with Crippen LogP contribution in [0.1, 0.15) is 0 Å². The monoisotopic (exact) mass is 262 g/mol. The Balaban J connectivity index is 1.95. The average Bonchev–Trinajstić information content (AvgIpc) is 2.94. The van der Waals surface area contributed by atoms with Crippen molar-refractivity contribution in [2.24, 2.45) is 0 Å². The van der Waals surface area contributed by atoms with Crippen LogP contribution < -0.4 is 5.73 Å². The maximum absolute atomic E-state index is 5.99. The van der Waals surface area contributed by atoms with E-state index in [9.17, 15) is 0 Å². The lowest BCUT2D eigenvalue weighted by atomic mass is 10.3. The molecule has 6 nitrogen and oxygen atoms in total. The largest absolute Gasteiger partial charge is 0.369 e. The average molecular weight is 263 g/mol. The molecule has 0 aliphatic heterocycles. The van der Waals surface area contributed by atoms with Gasteiger partial charge in [0, 0.05) is 17.8 Å². The Hall–Kier alpha value is -2.08. The number of imidazole rings is 1. The number of hydrogen-bond acceptors (Lipinski definition) is 4. The van der Waals surface area contributed by atoms with E-state index >= 15 is 0 Å². The molecule has 0 spiro atoms. The van der Waals surface area contributed by atoms with Gasteiger partial charge in [-0.25, -0.2) is 4.98 Å². The molecule has 18 heavy (non-hydrogen) atoms. The Morgan fingerprint density at radius 3 is 2.94 bits per heavy atom. The van der Waals surface area contributed by atoms with Gasteiger partial charge in [-0.15, -0.1) is 5.10 Å². The lowest BCUT2D eigenvalue weighted by Crippen LogP contribution is -2.10. The van der Waals surface area contributed by atoms with E-state index in [1.807, 2.05) is 22.9 Å². The number of nitrogen functional groups attached to an aromatic ring is 1. The van der Waals surface area contributed by atoms with Crippen LogP contribution in [0.4, 0.5) is 5.95 Å². The van der Waals surface area contributed by atoms with E-state index in [1.54, 1.807) is 16.9 Å². The number of hydrogen-bond donors (Lipinski definition) is 1. The normalized spacial score (nSPS) is 11.2. The Labute approximate surface area is 108 Å². The molecule has 0 aliphatic carbocycles. The van der Waals surface area contributed by atoms with Crippen LogP contribution >= 0.6 is 11.6 Å². The molecule has 1 aromatic carbocycles. The Morgan fingerprint density at radius 1 is 1.28 bits per heavy atom. The fourth-order valence-corrected chi connectivity index (χ4v) is 2.07. The van der Waals surface area contributed by atoms with Crippen LogP contribution in [0.3, 0.4) is 0 Å². The summed E-state index contributed by atoms with van der Waals surface area (Å²) in [5.41, 5.74) is 7.68. The number of nitrogens with zero attached hydrogens (tertiary/aromatic N) is 5. The summed E-state index contributed by atoms with van der Waals surface area (Å²) in [4.78, 5) is 4.29. The number of benzene rings is 1. The molecular formula is C11H11ClN6. The predicted octanol–water partition coefficient (Wildman–Crippen LogP) is 1.56. The van der Waals surface area contributed by atoms with Crippen molar-refractivity contribution in [3.8, 4) is 0 Å². The molecule has 0 atom stereocenters. The summed E-state index contributed by atoms with van der Waals surface area (Å²) < 4.78 is 3.67. The summed E-state index contributed by atoms with van der Waals surface area (Å²) in [6.07, 6.45) is 3.45. The van der Waals surface area contributed by atoms with Crippen LogP contribution in [0, 0.1) is 0 Å². The second-order valence-electron chi connectivity index (χ2n) is 3.92. The number of aryl methyl sites for hydroxylation is 2. The van der Waals surface area contributed by atoms with Gasteiger partial charge >= 0.3 is 0 Å². The molecule has 92 valence electrons. The summed E-state index contributed by atoms with van der Waals surface area (Å²) in [7, 11) is 0. The number of anilines is 1. The van der Waals surface area contributed by atoms with Gasteiger partial charge in [-0.2, -0.15) is 0 Å². The Morgan fingerprint density at radius 2 is 2.17 bits per heavy atom. The van der Waals surface area contributed by atoms with E-state index < -0.39 is 0 Å². The van der Waals surface area contributed by atoms with Crippen molar-refractivity contribution >= 4 is 28.6 Å². The van der Waals surface area contributed by atoms with Crippen molar-refractivity contribution in [1.82, 2.24) is 24.5 Å². The first kappa shape index (κ1) is 11.0. The van der Waals surface area contributed by atoms with Crippen LogP contribution in [-0.4, -0.2) is 24.5 Å². The molecule has 0 bridgehead atoms. The van der Waals surface area contributed by atoms with Crippen molar-refractivity contribution in [2.75, 3.05) is 5.73 Å².